The average Bonchev–Trinajstić information content (AvgIpc) is 3.15. The van der Waals surface area contributed by atoms with Gasteiger partial charge in [-0.25, -0.2) is 4.98 Å². The van der Waals surface area contributed by atoms with Crippen molar-refractivity contribution in [3.05, 3.63) is 64.5 Å². The first kappa shape index (κ1) is 28.6. The number of rotatable bonds is 13. The van der Waals surface area contributed by atoms with Crippen LogP contribution in [0.1, 0.15) is 83.0 Å². The second kappa shape index (κ2) is 13.0. The topological polar surface area (TPSA) is 116 Å². The molecule has 8 heteroatoms. The van der Waals surface area contributed by atoms with E-state index < -0.39 is 5.97 Å². The minimum atomic E-state index is -0.923. The maximum absolute atomic E-state index is 13.3. The summed E-state index contributed by atoms with van der Waals surface area (Å²) in [6, 6.07) is 11.6. The van der Waals surface area contributed by atoms with E-state index in [4.69, 9.17) is 5.11 Å². The minimum absolute atomic E-state index is 0.000824. The number of ketones is 1. The van der Waals surface area contributed by atoms with Gasteiger partial charge in [0.15, 0.2) is 5.78 Å². The van der Waals surface area contributed by atoms with Crippen molar-refractivity contribution < 1.29 is 19.5 Å². The third kappa shape index (κ3) is 7.06. The first-order valence-corrected chi connectivity index (χ1v) is 13.0. The molecule has 3 aromatic rings. The molecule has 1 N–H and O–H groups in total. The number of nitriles is 1. The number of fused-ring (bicyclic) bond motifs is 1. The standard InChI is InChI=1S/C30H36N4O4/c1-20(15-27(36)37)14-26(35)28-24-17-22(18-31)19-32-29(24)34(4)25(28)13-8-6-5-7-10-21-11-9-12-23(16-21)30(38)33(2)3/h9,11-12,16-17,19-20H,5-8,10,13-15H2,1-4H3,(H,36,37)/t20-/m0/s1. The van der Waals surface area contributed by atoms with E-state index in [1.54, 1.807) is 32.0 Å². The second-order valence-corrected chi connectivity index (χ2v) is 10.2. The summed E-state index contributed by atoms with van der Waals surface area (Å²) in [5.41, 5.74) is 4.33. The number of amides is 1. The highest BCUT2D eigenvalue weighted by Crippen LogP contribution is 2.29. The van der Waals surface area contributed by atoms with Gasteiger partial charge in [-0.3, -0.25) is 14.4 Å². The lowest BCUT2D eigenvalue weighted by atomic mass is 9.94. The Balaban J connectivity index is 1.67. The van der Waals surface area contributed by atoms with Gasteiger partial charge in [-0.15, -0.1) is 0 Å². The summed E-state index contributed by atoms with van der Waals surface area (Å²) < 4.78 is 1.93. The molecule has 38 heavy (non-hydrogen) atoms. The molecule has 0 bridgehead atoms. The van der Waals surface area contributed by atoms with Crippen molar-refractivity contribution >= 4 is 28.7 Å². The third-order valence-electron chi connectivity index (χ3n) is 6.82. The predicted molar refractivity (Wildman–Crippen MR) is 146 cm³/mol. The molecule has 2 heterocycles. The van der Waals surface area contributed by atoms with Crippen LogP contribution in [-0.2, 0) is 24.7 Å². The highest BCUT2D eigenvalue weighted by atomic mass is 16.4. The van der Waals surface area contributed by atoms with Crippen LogP contribution in [0, 0.1) is 17.2 Å². The number of hydrogen-bond acceptors (Lipinski definition) is 5. The third-order valence-corrected chi connectivity index (χ3v) is 6.82. The van der Waals surface area contributed by atoms with Gasteiger partial charge in [0.05, 0.1) is 5.56 Å². The van der Waals surface area contributed by atoms with Crippen LogP contribution in [0.4, 0.5) is 0 Å². The summed E-state index contributed by atoms with van der Waals surface area (Å²) in [4.78, 5) is 42.7. The number of nitrogens with zero attached hydrogens (tertiary/aromatic N) is 4. The van der Waals surface area contributed by atoms with Crippen LogP contribution in [0.2, 0.25) is 0 Å². The lowest BCUT2D eigenvalue weighted by Gasteiger charge is -2.11. The number of carbonyl (C=O) groups excluding carboxylic acids is 2. The first-order chi connectivity index (χ1) is 18.1. The molecule has 0 saturated heterocycles. The van der Waals surface area contributed by atoms with Crippen molar-refractivity contribution in [1.82, 2.24) is 14.5 Å². The van der Waals surface area contributed by atoms with Crippen molar-refractivity contribution in [2.45, 2.75) is 58.3 Å². The summed E-state index contributed by atoms with van der Waals surface area (Å²) in [7, 11) is 5.38. The Kier molecular flexibility index (Phi) is 9.78. The van der Waals surface area contributed by atoms with Gasteiger partial charge in [-0.1, -0.05) is 31.9 Å². The minimum Gasteiger partial charge on any atom is -0.481 e. The Morgan fingerprint density at radius 3 is 2.45 bits per heavy atom. The molecule has 0 unspecified atom stereocenters. The zero-order valence-corrected chi connectivity index (χ0v) is 22.7. The summed E-state index contributed by atoms with van der Waals surface area (Å²) in [5.74, 6) is -1.32. The van der Waals surface area contributed by atoms with Crippen molar-refractivity contribution in [1.29, 1.82) is 5.26 Å². The summed E-state index contributed by atoms with van der Waals surface area (Å²) in [5, 5.41) is 19.1. The number of hydrogen-bond donors (Lipinski definition) is 1. The Labute approximate surface area is 223 Å². The number of carboxylic acids is 1. The van der Waals surface area contributed by atoms with Crippen LogP contribution in [0.3, 0.4) is 0 Å². The molecule has 0 radical (unpaired) electrons. The average molecular weight is 517 g/mol. The van der Waals surface area contributed by atoms with Gasteiger partial charge in [0.1, 0.15) is 11.7 Å². The summed E-state index contributed by atoms with van der Waals surface area (Å²) in [6.07, 6.45) is 7.05. The number of aliphatic carboxylic acids is 1. The van der Waals surface area contributed by atoms with E-state index in [2.05, 4.69) is 11.1 Å². The monoisotopic (exact) mass is 516 g/mol. The number of Topliss-reactive ketones (excluding diaryl/α,β-unsaturated/α-hetero) is 1. The van der Waals surface area contributed by atoms with E-state index in [0.29, 0.717) is 34.1 Å². The summed E-state index contributed by atoms with van der Waals surface area (Å²) in [6.45, 7) is 1.77. The zero-order valence-electron chi connectivity index (χ0n) is 22.7. The molecule has 0 saturated carbocycles. The van der Waals surface area contributed by atoms with Crippen LogP contribution >= 0.6 is 0 Å². The molecule has 200 valence electrons. The second-order valence-electron chi connectivity index (χ2n) is 10.2. The SMILES string of the molecule is C[C@H](CC(=O)O)CC(=O)c1c(CCCCCCc2cccc(C(=O)N(C)C)c2)n(C)c2ncc(C#N)cc12. The Morgan fingerprint density at radius 2 is 1.79 bits per heavy atom. The van der Waals surface area contributed by atoms with E-state index in [0.717, 1.165) is 43.4 Å². The number of carboxylic acid groups (broad SMARTS) is 1. The number of pyridine rings is 1. The van der Waals surface area contributed by atoms with Crippen molar-refractivity contribution in [3.8, 4) is 6.07 Å². The molecule has 8 nitrogen and oxygen atoms in total. The van der Waals surface area contributed by atoms with Gasteiger partial charge in [-0.05, 0) is 55.4 Å². The summed E-state index contributed by atoms with van der Waals surface area (Å²) >= 11 is 0. The number of benzene rings is 1. The molecule has 1 aromatic carbocycles. The number of aryl methyl sites for hydroxylation is 2. The number of carbonyl (C=O) groups is 3. The maximum Gasteiger partial charge on any atom is 0.303 e. The lowest BCUT2D eigenvalue weighted by Crippen LogP contribution is -2.21. The van der Waals surface area contributed by atoms with Crippen LogP contribution < -0.4 is 0 Å². The molecule has 0 fully saturated rings. The van der Waals surface area contributed by atoms with Crippen LogP contribution in [0.15, 0.2) is 36.5 Å². The molecular weight excluding hydrogens is 480 g/mol. The first-order valence-electron chi connectivity index (χ1n) is 13.0. The molecular formula is C30H36N4O4. The Bertz CT molecular complexity index is 1370. The molecule has 3 rings (SSSR count). The quantitative estimate of drug-likeness (QED) is 0.247. The smallest absolute Gasteiger partial charge is 0.303 e. The van der Waals surface area contributed by atoms with Gasteiger partial charge < -0.3 is 14.6 Å². The van der Waals surface area contributed by atoms with Gasteiger partial charge in [0.25, 0.3) is 5.91 Å². The van der Waals surface area contributed by atoms with Gasteiger partial charge in [-0.2, -0.15) is 5.26 Å². The van der Waals surface area contributed by atoms with E-state index in [-0.39, 0.29) is 30.4 Å². The zero-order chi connectivity index (χ0) is 27.8. The lowest BCUT2D eigenvalue weighted by molar-refractivity contribution is -0.137. The van der Waals surface area contributed by atoms with Gasteiger partial charge in [0.2, 0.25) is 0 Å². The fourth-order valence-corrected chi connectivity index (χ4v) is 4.91. The Hall–Kier alpha value is -3.99. The van der Waals surface area contributed by atoms with Crippen molar-refractivity contribution in [2.75, 3.05) is 14.1 Å². The van der Waals surface area contributed by atoms with Crippen LogP contribution in [-0.4, -0.2) is 51.3 Å². The molecule has 2 aromatic heterocycles. The Morgan fingerprint density at radius 1 is 1.08 bits per heavy atom. The van der Waals surface area contributed by atoms with E-state index >= 15 is 0 Å². The highest BCUT2D eigenvalue weighted by Gasteiger charge is 2.24. The van der Waals surface area contributed by atoms with Gasteiger partial charge in [0, 0.05) is 62.4 Å². The largest absolute Gasteiger partial charge is 0.481 e. The van der Waals surface area contributed by atoms with Crippen LogP contribution in [0.5, 0.6) is 0 Å². The molecule has 1 atom stereocenters. The molecule has 0 aliphatic rings. The number of unbranched alkanes of at least 4 members (excludes halogenated alkanes) is 3. The molecule has 0 spiro atoms. The van der Waals surface area contributed by atoms with E-state index in [1.807, 2.05) is 35.9 Å². The van der Waals surface area contributed by atoms with E-state index in [9.17, 15) is 19.6 Å². The normalized spacial score (nSPS) is 11.8. The van der Waals surface area contributed by atoms with E-state index in [1.165, 1.54) is 6.20 Å². The fraction of sp³-hybridized carbons (Fsp3) is 0.433. The molecule has 0 aliphatic carbocycles. The molecule has 1 amide bonds. The maximum atomic E-state index is 13.3. The van der Waals surface area contributed by atoms with Crippen LogP contribution in [0.25, 0.3) is 11.0 Å². The fourth-order valence-electron chi connectivity index (χ4n) is 4.91. The molecule has 0 aliphatic heterocycles. The number of aromatic nitrogens is 2. The predicted octanol–water partition coefficient (Wildman–Crippen LogP) is 5.18. The van der Waals surface area contributed by atoms with Crippen molar-refractivity contribution in [2.24, 2.45) is 13.0 Å². The highest BCUT2D eigenvalue weighted by molar-refractivity contribution is 6.09. The van der Waals surface area contributed by atoms with Gasteiger partial charge >= 0.3 is 5.97 Å². The van der Waals surface area contributed by atoms with Crippen molar-refractivity contribution in [3.63, 3.8) is 0 Å².